The molecule has 0 N–H and O–H groups in total. The molecule has 79 valence electrons. The molecule has 1 radical (unpaired) electrons. The van der Waals surface area contributed by atoms with Gasteiger partial charge in [0, 0.05) is 18.0 Å². The molecule has 0 aromatic rings. The van der Waals surface area contributed by atoms with E-state index in [1.54, 1.807) is 6.21 Å². The van der Waals surface area contributed by atoms with Crippen LogP contribution in [0.5, 0.6) is 0 Å². The molecule has 0 unspecified atom stereocenters. The van der Waals surface area contributed by atoms with Gasteiger partial charge in [-0.1, -0.05) is 26.6 Å². The molecule has 0 aromatic heterocycles. The van der Waals surface area contributed by atoms with Gasteiger partial charge in [-0.05, 0) is 31.4 Å². The molecule has 15 heavy (non-hydrogen) atoms. The summed E-state index contributed by atoms with van der Waals surface area (Å²) in [5.74, 6) is 6.55. The number of rotatable bonds is 3. The lowest BCUT2D eigenvalue weighted by molar-refractivity contribution is 0.784. The first-order valence-electron chi connectivity index (χ1n) is 5.28. The van der Waals surface area contributed by atoms with E-state index in [1.165, 1.54) is 5.57 Å². The highest BCUT2D eigenvalue weighted by molar-refractivity contribution is 6.44. The Morgan fingerprint density at radius 1 is 1.40 bits per heavy atom. The summed E-state index contributed by atoms with van der Waals surface area (Å²) in [4.78, 5) is 4.06. The minimum Gasteiger partial charge on any atom is -0.269 e. The second-order valence-corrected chi connectivity index (χ2v) is 3.52. The Morgan fingerprint density at radius 2 is 2.07 bits per heavy atom. The second kappa shape index (κ2) is 8.11. The minimum absolute atomic E-state index is 0.472. The molecule has 0 spiro atoms. The van der Waals surface area contributed by atoms with Crippen molar-refractivity contribution in [1.82, 2.24) is 0 Å². The van der Waals surface area contributed by atoms with Gasteiger partial charge >= 0.3 is 0 Å². The molecule has 0 aromatic carbocycles. The normalized spacial score (nSPS) is 12.9. The van der Waals surface area contributed by atoms with E-state index in [2.05, 4.69) is 30.6 Å². The smallest absolute Gasteiger partial charge is 0.213 e. The van der Waals surface area contributed by atoms with Crippen LogP contribution in [0.2, 0.25) is 6.82 Å². The highest BCUT2D eigenvalue weighted by atomic mass is 14.6. The van der Waals surface area contributed by atoms with Crippen LogP contribution in [0.15, 0.2) is 28.4 Å². The lowest BCUT2D eigenvalue weighted by Gasteiger charge is -2.07. The zero-order valence-electron chi connectivity index (χ0n) is 10.3. The average Bonchev–Trinajstić information content (AvgIpc) is 2.20. The predicted molar refractivity (Wildman–Crippen MR) is 70.2 cm³/mol. The number of hydrogen-bond acceptors (Lipinski definition) is 1. The highest BCUT2D eigenvalue weighted by Crippen LogP contribution is 2.15. The molecular formula is C13H19BN. The maximum absolute atomic E-state index is 4.06. The summed E-state index contributed by atoms with van der Waals surface area (Å²) in [6, 6.07) is 0. The lowest BCUT2D eigenvalue weighted by atomic mass is 9.83. The van der Waals surface area contributed by atoms with Crippen molar-refractivity contribution in [1.29, 1.82) is 0 Å². The molecular weight excluding hydrogens is 181 g/mol. The van der Waals surface area contributed by atoms with Crippen LogP contribution < -0.4 is 0 Å². The molecule has 0 aliphatic rings. The zero-order chi connectivity index (χ0) is 11.7. The van der Waals surface area contributed by atoms with E-state index in [0.29, 0.717) is 5.92 Å². The summed E-state index contributed by atoms with van der Waals surface area (Å²) >= 11 is 0. The topological polar surface area (TPSA) is 12.4 Å². The van der Waals surface area contributed by atoms with E-state index in [9.17, 15) is 0 Å². The van der Waals surface area contributed by atoms with Gasteiger partial charge in [0.15, 0.2) is 0 Å². The molecule has 1 nitrogen and oxygen atoms in total. The Kier molecular flexibility index (Phi) is 7.45. The Labute approximate surface area is 94.6 Å². The maximum Gasteiger partial charge on any atom is 0.213 e. The van der Waals surface area contributed by atoms with Gasteiger partial charge in [0.25, 0.3) is 0 Å². The lowest BCUT2D eigenvalue weighted by Crippen LogP contribution is -1.94. The van der Waals surface area contributed by atoms with Gasteiger partial charge in [0.05, 0.1) is 0 Å². The number of hydrogen-bond donors (Lipinski definition) is 0. The molecule has 0 saturated heterocycles. The monoisotopic (exact) mass is 200 g/mol. The van der Waals surface area contributed by atoms with E-state index in [-0.39, 0.29) is 0 Å². The zero-order valence-corrected chi connectivity index (χ0v) is 10.3. The molecule has 0 aliphatic heterocycles. The molecule has 0 amide bonds. The molecule has 2 heteroatoms. The first-order valence-corrected chi connectivity index (χ1v) is 5.28. The van der Waals surface area contributed by atoms with Crippen LogP contribution in [-0.2, 0) is 0 Å². The third kappa shape index (κ3) is 5.96. The van der Waals surface area contributed by atoms with Crippen LogP contribution in [0.4, 0.5) is 0 Å². The third-order valence-corrected chi connectivity index (χ3v) is 1.95. The molecule has 0 aliphatic carbocycles. The van der Waals surface area contributed by atoms with E-state index in [0.717, 1.165) is 5.57 Å². The van der Waals surface area contributed by atoms with E-state index < -0.39 is 0 Å². The summed E-state index contributed by atoms with van der Waals surface area (Å²) in [5.41, 5.74) is 2.36. The Hall–Kier alpha value is -1.23. The fraction of sp³-hybridized carbons (Fsp3) is 0.462. The van der Waals surface area contributed by atoms with Crippen molar-refractivity contribution >= 4 is 13.5 Å². The molecule has 0 bridgehead atoms. The van der Waals surface area contributed by atoms with Crippen LogP contribution in [0.1, 0.15) is 27.7 Å². The van der Waals surface area contributed by atoms with Crippen LogP contribution in [0.3, 0.4) is 0 Å². The summed E-state index contributed by atoms with van der Waals surface area (Å²) < 4.78 is 0. The van der Waals surface area contributed by atoms with Gasteiger partial charge in [-0.2, -0.15) is 5.82 Å². The summed E-state index contributed by atoms with van der Waals surface area (Å²) in [7, 11) is 1.86. The minimum atomic E-state index is 0.472. The number of nitrogens with zero attached hydrogens (tertiary/aromatic N) is 1. The van der Waals surface area contributed by atoms with E-state index in [1.807, 2.05) is 40.2 Å². The molecule has 0 saturated carbocycles. The van der Waals surface area contributed by atoms with Crippen molar-refractivity contribution < 1.29 is 0 Å². The van der Waals surface area contributed by atoms with Crippen molar-refractivity contribution in [3.8, 4) is 11.7 Å². The standard InChI is InChI=1S/C13H19BN/c1-6-15-10-8-13(11(2)3)12(4)7-9-14-5/h6,8,10-11H,1-5H3/b10-8-,13-12-,15-6?. The fourth-order valence-electron chi connectivity index (χ4n) is 1.21. The van der Waals surface area contributed by atoms with Gasteiger partial charge in [0.1, 0.15) is 0 Å². The predicted octanol–water partition coefficient (Wildman–Crippen LogP) is 3.28. The highest BCUT2D eigenvalue weighted by Gasteiger charge is 2.01. The van der Waals surface area contributed by atoms with Gasteiger partial charge < -0.3 is 0 Å². The van der Waals surface area contributed by atoms with Crippen molar-refractivity contribution in [2.45, 2.75) is 34.5 Å². The summed E-state index contributed by atoms with van der Waals surface area (Å²) in [5, 5.41) is 0. The van der Waals surface area contributed by atoms with E-state index in [4.69, 9.17) is 0 Å². The first kappa shape index (κ1) is 13.8. The van der Waals surface area contributed by atoms with Crippen molar-refractivity contribution in [2.24, 2.45) is 10.9 Å². The molecule has 0 heterocycles. The van der Waals surface area contributed by atoms with Crippen molar-refractivity contribution in [3.05, 3.63) is 23.4 Å². The van der Waals surface area contributed by atoms with Crippen molar-refractivity contribution in [2.75, 3.05) is 0 Å². The Morgan fingerprint density at radius 3 is 2.53 bits per heavy atom. The first-order chi connectivity index (χ1) is 7.13. The SMILES string of the molecule is C[B]C#C/C(C)=C(/C=C\N=CC)C(C)C. The van der Waals surface area contributed by atoms with Gasteiger partial charge in [-0.3, -0.25) is 4.99 Å². The molecule has 0 fully saturated rings. The maximum atomic E-state index is 4.06. The largest absolute Gasteiger partial charge is 0.269 e. The average molecular weight is 200 g/mol. The molecule has 0 atom stereocenters. The van der Waals surface area contributed by atoms with Crippen molar-refractivity contribution in [3.63, 3.8) is 0 Å². The van der Waals surface area contributed by atoms with Crippen LogP contribution in [0.25, 0.3) is 0 Å². The number of allylic oxidation sites excluding steroid dienone is 3. The number of aliphatic imine (C=N–C) groups is 1. The Bertz CT molecular complexity index is 324. The summed E-state index contributed by atoms with van der Waals surface area (Å²) in [6.45, 7) is 10.2. The molecule has 0 rings (SSSR count). The van der Waals surface area contributed by atoms with Crippen LogP contribution >= 0.6 is 0 Å². The van der Waals surface area contributed by atoms with Gasteiger partial charge in [-0.15, -0.1) is 0 Å². The summed E-state index contributed by atoms with van der Waals surface area (Å²) in [6.07, 6.45) is 5.62. The second-order valence-electron chi connectivity index (χ2n) is 3.52. The fourth-order valence-corrected chi connectivity index (χ4v) is 1.21. The van der Waals surface area contributed by atoms with Gasteiger partial charge in [0.2, 0.25) is 7.28 Å². The quantitative estimate of drug-likeness (QED) is 0.287. The van der Waals surface area contributed by atoms with Gasteiger partial charge in [-0.25, -0.2) is 0 Å². The van der Waals surface area contributed by atoms with E-state index >= 15 is 0 Å². The third-order valence-electron chi connectivity index (χ3n) is 1.95. The van der Waals surface area contributed by atoms with Crippen LogP contribution in [0, 0.1) is 17.7 Å². The van der Waals surface area contributed by atoms with Crippen LogP contribution in [-0.4, -0.2) is 13.5 Å². The Balaban J connectivity index is 4.93.